The summed E-state index contributed by atoms with van der Waals surface area (Å²) in [5, 5.41) is 9.34. The SMILES string of the molecule is O=C(O)[C@H]1CCCCN1C(=O)C1CC(=O)N(c2ccccc2Br)C1. The molecule has 0 saturated carbocycles. The quantitative estimate of drug-likeness (QED) is 0.852. The number of anilines is 1. The molecule has 128 valence electrons. The van der Waals surface area contributed by atoms with Gasteiger partial charge in [-0.25, -0.2) is 4.79 Å². The van der Waals surface area contributed by atoms with Crippen molar-refractivity contribution in [1.82, 2.24) is 4.90 Å². The fourth-order valence-electron chi connectivity index (χ4n) is 3.46. The lowest BCUT2D eigenvalue weighted by Crippen LogP contribution is -2.50. The summed E-state index contributed by atoms with van der Waals surface area (Å²) in [6, 6.07) is 6.62. The van der Waals surface area contributed by atoms with Crippen LogP contribution in [0.4, 0.5) is 5.69 Å². The van der Waals surface area contributed by atoms with Crippen molar-refractivity contribution >= 4 is 39.4 Å². The van der Waals surface area contributed by atoms with E-state index < -0.39 is 17.9 Å². The molecule has 1 aromatic rings. The molecule has 0 bridgehead atoms. The minimum Gasteiger partial charge on any atom is -0.480 e. The molecule has 2 heterocycles. The van der Waals surface area contributed by atoms with Gasteiger partial charge in [0, 0.05) is 24.0 Å². The zero-order valence-electron chi connectivity index (χ0n) is 13.2. The van der Waals surface area contributed by atoms with E-state index in [-0.39, 0.29) is 18.2 Å². The van der Waals surface area contributed by atoms with Crippen LogP contribution < -0.4 is 4.90 Å². The first-order chi connectivity index (χ1) is 11.5. The molecule has 2 atom stereocenters. The molecular formula is C17H19BrN2O4. The summed E-state index contributed by atoms with van der Waals surface area (Å²) in [7, 11) is 0. The molecule has 0 aliphatic carbocycles. The molecular weight excluding hydrogens is 376 g/mol. The van der Waals surface area contributed by atoms with Crippen LogP contribution in [-0.4, -0.2) is 46.9 Å². The van der Waals surface area contributed by atoms with Gasteiger partial charge in [0.15, 0.2) is 0 Å². The van der Waals surface area contributed by atoms with Gasteiger partial charge in [-0.05, 0) is 47.3 Å². The molecule has 2 saturated heterocycles. The second-order valence-corrected chi connectivity index (χ2v) is 7.09. The van der Waals surface area contributed by atoms with Crippen LogP contribution in [0.1, 0.15) is 25.7 Å². The number of rotatable bonds is 3. The summed E-state index contributed by atoms with van der Waals surface area (Å²) in [5.74, 6) is -1.77. The maximum absolute atomic E-state index is 12.8. The first kappa shape index (κ1) is 17.0. The molecule has 1 aromatic carbocycles. The highest BCUT2D eigenvalue weighted by Crippen LogP contribution is 2.32. The van der Waals surface area contributed by atoms with Crippen molar-refractivity contribution in [2.45, 2.75) is 31.7 Å². The number of halogens is 1. The van der Waals surface area contributed by atoms with Gasteiger partial charge in [-0.15, -0.1) is 0 Å². The van der Waals surface area contributed by atoms with Crippen molar-refractivity contribution in [2.24, 2.45) is 5.92 Å². The van der Waals surface area contributed by atoms with Crippen molar-refractivity contribution in [3.05, 3.63) is 28.7 Å². The number of piperidine rings is 1. The fourth-order valence-corrected chi connectivity index (χ4v) is 3.96. The van der Waals surface area contributed by atoms with E-state index in [1.54, 1.807) is 4.90 Å². The topological polar surface area (TPSA) is 77.9 Å². The fraction of sp³-hybridized carbons (Fsp3) is 0.471. The van der Waals surface area contributed by atoms with E-state index in [4.69, 9.17) is 0 Å². The van der Waals surface area contributed by atoms with Crippen LogP contribution in [0.5, 0.6) is 0 Å². The monoisotopic (exact) mass is 394 g/mol. The first-order valence-electron chi connectivity index (χ1n) is 8.07. The van der Waals surface area contributed by atoms with E-state index in [1.165, 1.54) is 4.90 Å². The Hall–Kier alpha value is -1.89. The van der Waals surface area contributed by atoms with Crippen LogP contribution in [0, 0.1) is 5.92 Å². The third-order valence-electron chi connectivity index (χ3n) is 4.69. The minimum atomic E-state index is -0.963. The number of aliphatic carboxylic acids is 1. The molecule has 1 N–H and O–H groups in total. The lowest BCUT2D eigenvalue weighted by atomic mass is 9.98. The normalized spacial score (nSPS) is 24.3. The predicted octanol–water partition coefficient (Wildman–Crippen LogP) is 2.27. The number of para-hydroxylation sites is 1. The largest absolute Gasteiger partial charge is 0.480 e. The number of carbonyl (C=O) groups excluding carboxylic acids is 2. The van der Waals surface area contributed by atoms with Gasteiger partial charge in [-0.2, -0.15) is 0 Å². The number of hydrogen-bond donors (Lipinski definition) is 1. The Bertz CT molecular complexity index is 678. The second-order valence-electron chi connectivity index (χ2n) is 6.24. The average molecular weight is 395 g/mol. The second kappa shape index (κ2) is 6.93. The van der Waals surface area contributed by atoms with Crippen LogP contribution in [0.2, 0.25) is 0 Å². The van der Waals surface area contributed by atoms with Gasteiger partial charge in [0.25, 0.3) is 0 Å². The summed E-state index contributed by atoms with van der Waals surface area (Å²) in [5.41, 5.74) is 0.742. The molecule has 0 aromatic heterocycles. The molecule has 2 amide bonds. The standard InChI is InChI=1S/C17H19BrN2O4/c18-12-5-1-2-6-13(12)20-10-11(9-15(20)21)16(22)19-8-4-3-7-14(19)17(23)24/h1-2,5-6,11,14H,3-4,7-10H2,(H,23,24)/t11?,14-/m1/s1. The van der Waals surface area contributed by atoms with Gasteiger partial charge in [0.05, 0.1) is 11.6 Å². The van der Waals surface area contributed by atoms with Gasteiger partial charge in [0.2, 0.25) is 11.8 Å². The Morgan fingerprint density at radius 3 is 2.67 bits per heavy atom. The molecule has 2 fully saturated rings. The number of carboxylic acids is 1. The molecule has 0 radical (unpaired) electrons. The average Bonchev–Trinajstić information content (AvgIpc) is 2.96. The summed E-state index contributed by atoms with van der Waals surface area (Å²) >= 11 is 3.43. The van der Waals surface area contributed by atoms with Crippen LogP contribution in [0.15, 0.2) is 28.7 Å². The predicted molar refractivity (Wildman–Crippen MR) is 91.6 cm³/mol. The van der Waals surface area contributed by atoms with Gasteiger partial charge >= 0.3 is 5.97 Å². The molecule has 0 spiro atoms. The van der Waals surface area contributed by atoms with Gasteiger partial charge < -0.3 is 14.9 Å². The highest BCUT2D eigenvalue weighted by molar-refractivity contribution is 9.10. The third kappa shape index (κ3) is 3.17. The maximum Gasteiger partial charge on any atom is 0.326 e. The van der Waals surface area contributed by atoms with Crippen LogP contribution in [0.25, 0.3) is 0 Å². The summed E-state index contributed by atoms with van der Waals surface area (Å²) in [6.07, 6.45) is 2.23. The molecule has 2 aliphatic rings. The van der Waals surface area contributed by atoms with Gasteiger partial charge in [-0.3, -0.25) is 9.59 Å². The van der Waals surface area contributed by atoms with E-state index in [2.05, 4.69) is 15.9 Å². The highest BCUT2D eigenvalue weighted by Gasteiger charge is 2.41. The maximum atomic E-state index is 12.8. The van der Waals surface area contributed by atoms with E-state index in [9.17, 15) is 19.5 Å². The number of nitrogens with zero attached hydrogens (tertiary/aromatic N) is 2. The number of carbonyl (C=O) groups is 3. The number of amides is 2. The smallest absolute Gasteiger partial charge is 0.326 e. The van der Waals surface area contributed by atoms with E-state index in [0.29, 0.717) is 19.5 Å². The number of benzene rings is 1. The molecule has 24 heavy (non-hydrogen) atoms. The van der Waals surface area contributed by atoms with E-state index in [1.807, 2.05) is 24.3 Å². The Labute approximate surface area is 148 Å². The van der Waals surface area contributed by atoms with Gasteiger partial charge in [0.1, 0.15) is 6.04 Å². The van der Waals surface area contributed by atoms with Crippen molar-refractivity contribution < 1.29 is 19.5 Å². The molecule has 6 nitrogen and oxygen atoms in total. The number of carboxylic acid groups (broad SMARTS) is 1. The summed E-state index contributed by atoms with van der Waals surface area (Å²) in [4.78, 5) is 39.6. The van der Waals surface area contributed by atoms with Crippen LogP contribution in [0.3, 0.4) is 0 Å². The Kier molecular flexibility index (Phi) is 4.89. The van der Waals surface area contributed by atoms with Crippen molar-refractivity contribution in [3.8, 4) is 0 Å². The lowest BCUT2D eigenvalue weighted by Gasteiger charge is -2.34. The van der Waals surface area contributed by atoms with Gasteiger partial charge in [-0.1, -0.05) is 12.1 Å². The molecule has 1 unspecified atom stereocenters. The zero-order valence-corrected chi connectivity index (χ0v) is 14.7. The van der Waals surface area contributed by atoms with Crippen molar-refractivity contribution in [1.29, 1.82) is 0 Å². The third-order valence-corrected chi connectivity index (χ3v) is 5.36. The summed E-state index contributed by atoms with van der Waals surface area (Å²) in [6.45, 7) is 0.749. The first-order valence-corrected chi connectivity index (χ1v) is 8.86. The molecule has 3 rings (SSSR count). The van der Waals surface area contributed by atoms with E-state index >= 15 is 0 Å². The number of hydrogen-bond acceptors (Lipinski definition) is 3. The summed E-state index contributed by atoms with van der Waals surface area (Å²) < 4.78 is 0.799. The Balaban J connectivity index is 1.76. The lowest BCUT2D eigenvalue weighted by molar-refractivity contribution is -0.153. The van der Waals surface area contributed by atoms with Crippen molar-refractivity contribution in [2.75, 3.05) is 18.0 Å². The van der Waals surface area contributed by atoms with Crippen LogP contribution in [-0.2, 0) is 14.4 Å². The highest BCUT2D eigenvalue weighted by atomic mass is 79.9. The molecule has 7 heteroatoms. The van der Waals surface area contributed by atoms with E-state index in [0.717, 1.165) is 23.0 Å². The zero-order chi connectivity index (χ0) is 17.3. The Morgan fingerprint density at radius 2 is 1.96 bits per heavy atom. The van der Waals surface area contributed by atoms with Crippen molar-refractivity contribution in [3.63, 3.8) is 0 Å². The molecule has 2 aliphatic heterocycles. The number of likely N-dealkylation sites (tertiary alicyclic amines) is 1. The Morgan fingerprint density at radius 1 is 1.21 bits per heavy atom. The van der Waals surface area contributed by atoms with Crippen LogP contribution >= 0.6 is 15.9 Å². The minimum absolute atomic E-state index is 0.107.